The SMILES string of the molecule is CO[C@@H]1OC(COS(=O)(=O)[O-])[C@@H](C[C@@H]2O[C@@H](COS(=O)(=O)[O-])[C@@H](OC)C(OO[O-])C2OO[O-])[C@H](OO[O-])C1OO[O-].O=S.O=S.O=S.O=S. The Morgan fingerprint density at radius 1 is 0.531 bits per heavy atom. The van der Waals surface area contributed by atoms with Gasteiger partial charge in [-0.05, 0) is 6.42 Å². The first-order valence-electron chi connectivity index (χ1n) is 11.4. The second-order valence-electron chi connectivity index (χ2n) is 7.99. The summed E-state index contributed by atoms with van der Waals surface area (Å²) in [6, 6.07) is 0. The molecule has 2 heterocycles. The van der Waals surface area contributed by atoms with Crippen LogP contribution in [-0.2, 0) is 138 Å². The van der Waals surface area contributed by atoms with Crippen molar-refractivity contribution >= 4 is 70.9 Å². The molecule has 0 amide bonds. The molecule has 2 saturated heterocycles. The van der Waals surface area contributed by atoms with E-state index in [1.807, 2.05) is 0 Å². The second kappa shape index (κ2) is 29.7. The van der Waals surface area contributed by atoms with Crippen LogP contribution in [0, 0.1) is 5.92 Å². The Bertz CT molecular complexity index is 1030. The van der Waals surface area contributed by atoms with Crippen LogP contribution in [0.15, 0.2) is 0 Å². The standard InChI is InChI=1S/C15H28O24S2.4OS/c1-26-11-9(5-29-41(23,24)25)30-7(12(33-37-17)13(11)34-38-18)3-6-8(4-28-40(20,21)22)31-15(27-2)14(35-39-19)10(6)32-36-16;4*1-2/h6-19H,3-5H2,1-2H3,(H,20,21,22)(H,23,24,25);;;;/p-6/t6-,7+,8?,9+,10+,11-,12?,13?,14?,15-;;;;/m1..../s1. The molecule has 4 unspecified atom stereocenters. The van der Waals surface area contributed by atoms with Crippen molar-refractivity contribution in [1.29, 1.82) is 0 Å². The molecule has 28 nitrogen and oxygen atoms in total. The fourth-order valence-corrected chi connectivity index (χ4v) is 5.00. The molecule has 2 aliphatic rings. The van der Waals surface area contributed by atoms with Crippen molar-refractivity contribution in [3.63, 3.8) is 0 Å². The lowest BCUT2D eigenvalue weighted by Crippen LogP contribution is -2.64. The number of hydrogen-bond acceptors (Lipinski definition) is 32. The van der Waals surface area contributed by atoms with Crippen molar-refractivity contribution in [2.45, 2.75) is 61.5 Å². The molecule has 0 aliphatic carbocycles. The van der Waals surface area contributed by atoms with E-state index in [9.17, 15) is 47.0 Å². The zero-order valence-electron chi connectivity index (χ0n) is 23.8. The quantitative estimate of drug-likeness (QED) is 0.0535. The van der Waals surface area contributed by atoms with Gasteiger partial charge < -0.3 is 49.1 Å². The lowest BCUT2D eigenvalue weighted by atomic mass is 9.81. The van der Waals surface area contributed by atoms with Crippen LogP contribution in [0.2, 0.25) is 0 Å². The molecule has 10 atom stereocenters. The fraction of sp³-hybridized carbons (Fsp3) is 1.00. The molecule has 34 heteroatoms. The van der Waals surface area contributed by atoms with Gasteiger partial charge in [-0.1, -0.05) is 0 Å². The largest absolute Gasteiger partial charge is 0.726 e. The molecular formula is C15H22O28S6-6. The van der Waals surface area contributed by atoms with Crippen LogP contribution in [0.5, 0.6) is 0 Å². The highest BCUT2D eigenvalue weighted by molar-refractivity contribution is 7.81. The molecule has 292 valence electrons. The topological polar surface area (TPSA) is 404 Å². The molecule has 2 aliphatic heterocycles. The van der Waals surface area contributed by atoms with Crippen LogP contribution in [0.1, 0.15) is 6.42 Å². The first-order valence-corrected chi connectivity index (χ1v) is 15.4. The summed E-state index contributed by atoms with van der Waals surface area (Å²) in [6.45, 7) is -2.17. The van der Waals surface area contributed by atoms with E-state index in [0.29, 0.717) is 0 Å². The normalized spacial score (nSPS) is 29.6. The Hall–Kier alpha value is -0.820. The van der Waals surface area contributed by atoms with Gasteiger partial charge in [-0.2, -0.15) is 16.8 Å². The van der Waals surface area contributed by atoms with Crippen molar-refractivity contribution in [2.75, 3.05) is 27.4 Å². The van der Waals surface area contributed by atoms with Crippen LogP contribution in [0.3, 0.4) is 0 Å². The van der Waals surface area contributed by atoms with E-state index >= 15 is 0 Å². The van der Waals surface area contributed by atoms with Crippen molar-refractivity contribution in [1.82, 2.24) is 0 Å². The molecule has 2 fully saturated rings. The number of hydrogen-bond donors (Lipinski definition) is 0. The molecule has 0 radical (unpaired) electrons. The molecule has 2 rings (SSSR count). The molecule has 0 saturated carbocycles. The van der Waals surface area contributed by atoms with E-state index < -0.39 is 101 Å². The molecule has 0 aromatic heterocycles. The molecule has 0 bridgehead atoms. The fourth-order valence-electron chi connectivity index (χ4n) is 4.40. The highest BCUT2D eigenvalue weighted by Crippen LogP contribution is 2.38. The minimum absolute atomic E-state index is 0.708. The monoisotopic (exact) mass is 842 g/mol. The van der Waals surface area contributed by atoms with Gasteiger partial charge in [0.2, 0.25) is 20.8 Å². The number of methoxy groups -OCH3 is 2. The molecule has 0 N–H and O–H groups in total. The first kappa shape index (κ1) is 52.5. The van der Waals surface area contributed by atoms with Crippen molar-refractivity contribution in [3.8, 4) is 0 Å². The maximum Gasteiger partial charge on any atom is 0.217 e. The summed E-state index contributed by atoms with van der Waals surface area (Å²) in [7, 11) is -8.66. The van der Waals surface area contributed by atoms with Crippen LogP contribution in [0.4, 0.5) is 0 Å². The zero-order chi connectivity index (χ0) is 38.8. The lowest BCUT2D eigenvalue weighted by molar-refractivity contribution is -0.825. The summed E-state index contributed by atoms with van der Waals surface area (Å²) in [4.78, 5) is 18.2. The van der Waals surface area contributed by atoms with Crippen LogP contribution in [0.25, 0.3) is 0 Å². The highest BCUT2D eigenvalue weighted by atomic mass is 32.3. The number of rotatable bonds is 18. The number of ether oxygens (including phenoxy) is 4. The van der Waals surface area contributed by atoms with E-state index in [1.165, 1.54) is 0 Å². The third kappa shape index (κ3) is 19.0. The highest BCUT2D eigenvalue weighted by Gasteiger charge is 2.54. The van der Waals surface area contributed by atoms with Crippen molar-refractivity contribution in [2.24, 2.45) is 5.92 Å². The minimum atomic E-state index is -5.35. The summed E-state index contributed by atoms with van der Waals surface area (Å²) in [6.07, 6.45) is -16.2. The molecule has 0 aromatic carbocycles. The second-order valence-corrected chi connectivity index (χ2v) is 10.1. The van der Waals surface area contributed by atoms with Crippen LogP contribution >= 0.6 is 0 Å². The Morgan fingerprint density at radius 3 is 1.35 bits per heavy atom. The van der Waals surface area contributed by atoms with E-state index in [2.05, 4.69) is 98.2 Å². The molecule has 49 heavy (non-hydrogen) atoms. The molecular weight excluding hydrogens is 821 g/mol. The van der Waals surface area contributed by atoms with Gasteiger partial charge in [-0.3, -0.25) is 28.5 Å². The van der Waals surface area contributed by atoms with E-state index in [0.717, 1.165) is 14.2 Å². The van der Waals surface area contributed by atoms with Gasteiger partial charge in [0.15, 0.2) is 74.7 Å². The van der Waals surface area contributed by atoms with Crippen molar-refractivity contribution in [3.05, 3.63) is 0 Å². The Morgan fingerprint density at radius 2 is 0.939 bits per heavy atom. The summed E-state index contributed by atoms with van der Waals surface area (Å²) in [5.41, 5.74) is 0. The van der Waals surface area contributed by atoms with Gasteiger partial charge in [0.1, 0.15) is 18.3 Å². The Kier molecular flexibility index (Phi) is 31.9. The average molecular weight is 843 g/mol. The maximum absolute atomic E-state index is 11.1. The first-order chi connectivity index (χ1) is 23.3. The smallest absolute Gasteiger partial charge is 0.217 e. The zero-order valence-corrected chi connectivity index (χ0v) is 28.7. The average Bonchev–Trinajstić information content (AvgIpc) is 3.09. The summed E-state index contributed by atoms with van der Waals surface area (Å²) in [5.74, 6) is -1.54. The predicted octanol–water partition coefficient (Wildman–Crippen LogP) is -8.88. The lowest BCUT2D eigenvalue weighted by Gasteiger charge is -2.49. The van der Waals surface area contributed by atoms with Crippen LogP contribution < -0.4 is 21.0 Å². The van der Waals surface area contributed by atoms with E-state index in [1.54, 1.807) is 0 Å². The maximum atomic E-state index is 11.1. The Balaban J connectivity index is -0.00000245. The Labute approximate surface area is 295 Å². The summed E-state index contributed by atoms with van der Waals surface area (Å²) >= 11 is 11.3. The summed E-state index contributed by atoms with van der Waals surface area (Å²) in [5, 5.41) is 57.1. The molecule has 0 spiro atoms. The van der Waals surface area contributed by atoms with Gasteiger partial charge in [0.05, 0.1) is 25.4 Å². The van der Waals surface area contributed by atoms with E-state index in [4.69, 9.17) is 35.8 Å². The van der Waals surface area contributed by atoms with Gasteiger partial charge in [-0.25, -0.2) is 36.4 Å². The third-order valence-electron chi connectivity index (χ3n) is 5.89. The van der Waals surface area contributed by atoms with Gasteiger partial charge in [0, 0.05) is 20.1 Å². The van der Waals surface area contributed by atoms with Gasteiger partial charge in [-0.15, -0.1) is 0 Å². The minimum Gasteiger partial charge on any atom is -0.726 e. The van der Waals surface area contributed by atoms with Crippen molar-refractivity contribution < 1.29 is 131 Å². The third-order valence-corrected chi connectivity index (χ3v) is 6.74. The molecule has 0 aromatic rings. The summed E-state index contributed by atoms with van der Waals surface area (Å²) < 4.78 is 127. The van der Waals surface area contributed by atoms with Crippen LogP contribution in [-0.4, -0.2) is 125 Å². The van der Waals surface area contributed by atoms with E-state index in [-0.39, 0.29) is 0 Å². The van der Waals surface area contributed by atoms with Gasteiger partial charge >= 0.3 is 0 Å². The van der Waals surface area contributed by atoms with Gasteiger partial charge in [0.25, 0.3) is 0 Å². The predicted molar refractivity (Wildman–Crippen MR) is 131 cm³/mol.